The minimum atomic E-state index is 1.28. The molecular weight excluding hydrogens is 142 g/mol. The molecule has 2 aromatic heterocycles. The van der Waals surface area contributed by atoms with Gasteiger partial charge in [-0.1, -0.05) is 0 Å². The lowest BCUT2D eigenvalue weighted by molar-refractivity contribution is 1.36. The van der Waals surface area contributed by atoms with Crippen LogP contribution >= 0.6 is 11.3 Å². The van der Waals surface area contributed by atoms with Crippen LogP contribution in [0.15, 0.2) is 23.8 Å². The van der Waals surface area contributed by atoms with Gasteiger partial charge < -0.3 is 0 Å². The van der Waals surface area contributed by atoms with Crippen molar-refractivity contribution < 1.29 is 0 Å². The normalized spacial score (nSPS) is 10.5. The van der Waals surface area contributed by atoms with Gasteiger partial charge in [-0.3, -0.25) is 4.98 Å². The van der Waals surface area contributed by atoms with Gasteiger partial charge in [-0.05, 0) is 23.9 Å². The average Bonchev–Trinajstić information content (AvgIpc) is 2.34. The van der Waals surface area contributed by atoms with Crippen LogP contribution < -0.4 is 0 Å². The Balaban J connectivity index is 2.93. The van der Waals surface area contributed by atoms with E-state index in [0.717, 1.165) is 0 Å². The number of pyridine rings is 1. The number of thiophene rings is 1. The molecule has 0 aliphatic heterocycles. The maximum atomic E-state index is 4.05. The minimum absolute atomic E-state index is 1.28. The van der Waals surface area contributed by atoms with Crippen molar-refractivity contribution in [2.45, 2.75) is 6.92 Å². The van der Waals surface area contributed by atoms with E-state index in [1.54, 1.807) is 11.3 Å². The molecule has 0 aliphatic carbocycles. The number of aryl methyl sites for hydroxylation is 1. The summed E-state index contributed by atoms with van der Waals surface area (Å²) in [6.45, 7) is 2.11. The van der Waals surface area contributed by atoms with Gasteiger partial charge in [0.1, 0.15) is 0 Å². The van der Waals surface area contributed by atoms with Gasteiger partial charge in [-0.15, -0.1) is 11.3 Å². The molecule has 2 heterocycles. The maximum absolute atomic E-state index is 4.05. The highest BCUT2D eigenvalue weighted by atomic mass is 32.1. The largest absolute Gasteiger partial charge is 0.264 e. The van der Waals surface area contributed by atoms with Crippen LogP contribution in [0.1, 0.15) is 5.56 Å². The molecule has 0 fully saturated rings. The second kappa shape index (κ2) is 2.06. The smallest absolute Gasteiger partial charge is 0.0376 e. The Morgan fingerprint density at radius 2 is 2.40 bits per heavy atom. The Hall–Kier alpha value is -0.890. The highest BCUT2D eigenvalue weighted by Crippen LogP contribution is 2.23. The standard InChI is InChI=1S/C8H7NS/c1-6-5-10-8-2-3-9-4-7(6)8/h2-5H,1H3. The Morgan fingerprint density at radius 1 is 1.50 bits per heavy atom. The molecule has 1 nitrogen and oxygen atoms in total. The molecule has 0 atom stereocenters. The number of nitrogens with zero attached hydrogens (tertiary/aromatic N) is 1. The fraction of sp³-hybridized carbons (Fsp3) is 0.125. The third kappa shape index (κ3) is 0.727. The van der Waals surface area contributed by atoms with Crippen LogP contribution in [-0.4, -0.2) is 4.98 Å². The van der Waals surface area contributed by atoms with Gasteiger partial charge in [0.2, 0.25) is 0 Å². The van der Waals surface area contributed by atoms with Gasteiger partial charge >= 0.3 is 0 Å². The molecule has 0 saturated heterocycles. The predicted molar refractivity (Wildman–Crippen MR) is 44.4 cm³/mol. The first-order valence-electron chi connectivity index (χ1n) is 3.16. The minimum Gasteiger partial charge on any atom is -0.264 e. The molecule has 10 heavy (non-hydrogen) atoms. The second-order valence-corrected chi connectivity index (χ2v) is 3.20. The molecule has 50 valence electrons. The van der Waals surface area contributed by atoms with Crippen molar-refractivity contribution in [2.75, 3.05) is 0 Å². The Labute approximate surface area is 63.3 Å². The first-order valence-corrected chi connectivity index (χ1v) is 4.04. The topological polar surface area (TPSA) is 12.9 Å². The second-order valence-electron chi connectivity index (χ2n) is 2.29. The molecule has 0 spiro atoms. The van der Waals surface area contributed by atoms with Crippen molar-refractivity contribution in [1.82, 2.24) is 4.98 Å². The van der Waals surface area contributed by atoms with E-state index in [1.165, 1.54) is 15.6 Å². The van der Waals surface area contributed by atoms with Crippen LogP contribution in [0.5, 0.6) is 0 Å². The first kappa shape index (κ1) is 5.86. The summed E-state index contributed by atoms with van der Waals surface area (Å²) in [5.41, 5.74) is 1.33. The zero-order valence-electron chi connectivity index (χ0n) is 5.66. The monoisotopic (exact) mass is 149 g/mol. The maximum Gasteiger partial charge on any atom is 0.0376 e. The van der Waals surface area contributed by atoms with Gasteiger partial charge in [0.05, 0.1) is 0 Å². The highest BCUT2D eigenvalue weighted by Gasteiger charge is 1.96. The van der Waals surface area contributed by atoms with Crippen LogP contribution in [0.2, 0.25) is 0 Å². The summed E-state index contributed by atoms with van der Waals surface area (Å²) in [4.78, 5) is 4.05. The average molecular weight is 149 g/mol. The van der Waals surface area contributed by atoms with E-state index in [-0.39, 0.29) is 0 Å². The van der Waals surface area contributed by atoms with Crippen molar-refractivity contribution in [2.24, 2.45) is 0 Å². The molecule has 0 unspecified atom stereocenters. The van der Waals surface area contributed by atoms with Crippen molar-refractivity contribution in [1.29, 1.82) is 0 Å². The van der Waals surface area contributed by atoms with E-state index in [4.69, 9.17) is 0 Å². The Morgan fingerprint density at radius 3 is 3.20 bits per heavy atom. The van der Waals surface area contributed by atoms with Gasteiger partial charge in [-0.25, -0.2) is 0 Å². The molecule has 2 rings (SSSR count). The highest BCUT2D eigenvalue weighted by molar-refractivity contribution is 7.17. The van der Waals surface area contributed by atoms with Crippen LogP contribution in [0, 0.1) is 6.92 Å². The van der Waals surface area contributed by atoms with Crippen molar-refractivity contribution in [3.63, 3.8) is 0 Å². The molecule has 0 radical (unpaired) electrons. The van der Waals surface area contributed by atoms with E-state index >= 15 is 0 Å². The zero-order chi connectivity index (χ0) is 6.97. The summed E-state index contributed by atoms with van der Waals surface area (Å²) in [5.74, 6) is 0. The number of aromatic nitrogens is 1. The molecule has 0 saturated carbocycles. The number of fused-ring (bicyclic) bond motifs is 1. The van der Waals surface area contributed by atoms with Crippen LogP contribution in [-0.2, 0) is 0 Å². The Bertz CT molecular complexity index is 351. The summed E-state index contributed by atoms with van der Waals surface area (Å²) in [7, 11) is 0. The summed E-state index contributed by atoms with van der Waals surface area (Å²) in [5, 5.41) is 3.44. The SMILES string of the molecule is Cc1csc2ccncc12. The first-order chi connectivity index (χ1) is 4.88. The van der Waals surface area contributed by atoms with Gasteiger partial charge in [0, 0.05) is 22.5 Å². The zero-order valence-corrected chi connectivity index (χ0v) is 6.48. The predicted octanol–water partition coefficient (Wildman–Crippen LogP) is 2.60. The summed E-state index contributed by atoms with van der Waals surface area (Å²) in [6.07, 6.45) is 3.75. The molecule has 0 aliphatic rings. The van der Waals surface area contributed by atoms with Crippen LogP contribution in [0.4, 0.5) is 0 Å². The molecule has 0 bridgehead atoms. The molecular formula is C8H7NS. The van der Waals surface area contributed by atoms with Gasteiger partial charge in [0.25, 0.3) is 0 Å². The number of hydrogen-bond acceptors (Lipinski definition) is 2. The quantitative estimate of drug-likeness (QED) is 0.561. The molecule has 2 heteroatoms. The molecule has 0 amide bonds. The lowest BCUT2D eigenvalue weighted by atomic mass is 10.2. The van der Waals surface area contributed by atoms with Gasteiger partial charge in [0.15, 0.2) is 0 Å². The van der Waals surface area contributed by atoms with E-state index in [0.29, 0.717) is 0 Å². The van der Waals surface area contributed by atoms with Crippen molar-refractivity contribution >= 4 is 21.4 Å². The fourth-order valence-electron chi connectivity index (χ4n) is 0.996. The van der Waals surface area contributed by atoms with Crippen molar-refractivity contribution in [3.8, 4) is 0 Å². The van der Waals surface area contributed by atoms with E-state index in [1.807, 2.05) is 18.5 Å². The summed E-state index contributed by atoms with van der Waals surface area (Å²) >= 11 is 1.77. The Kier molecular flexibility index (Phi) is 1.21. The van der Waals surface area contributed by atoms with Crippen molar-refractivity contribution in [3.05, 3.63) is 29.4 Å². The fourth-order valence-corrected chi connectivity index (χ4v) is 1.91. The number of hydrogen-bond donors (Lipinski definition) is 0. The van der Waals surface area contributed by atoms with Crippen LogP contribution in [0.3, 0.4) is 0 Å². The number of rotatable bonds is 0. The molecule has 2 aromatic rings. The lowest BCUT2D eigenvalue weighted by Crippen LogP contribution is -1.69. The van der Waals surface area contributed by atoms with E-state index in [9.17, 15) is 0 Å². The lowest BCUT2D eigenvalue weighted by Gasteiger charge is -1.86. The van der Waals surface area contributed by atoms with E-state index < -0.39 is 0 Å². The summed E-state index contributed by atoms with van der Waals surface area (Å²) in [6, 6.07) is 2.05. The molecule has 0 aromatic carbocycles. The van der Waals surface area contributed by atoms with Gasteiger partial charge in [-0.2, -0.15) is 0 Å². The van der Waals surface area contributed by atoms with E-state index in [2.05, 4.69) is 17.3 Å². The summed E-state index contributed by atoms with van der Waals surface area (Å²) < 4.78 is 1.33. The van der Waals surface area contributed by atoms with Crippen LogP contribution in [0.25, 0.3) is 10.1 Å². The third-order valence-corrected chi connectivity index (χ3v) is 2.65. The third-order valence-electron chi connectivity index (χ3n) is 1.57. The molecule has 0 N–H and O–H groups in total.